The minimum atomic E-state index is -0.907. The Kier molecular flexibility index (Phi) is 7.13. The summed E-state index contributed by atoms with van der Waals surface area (Å²) < 4.78 is 29.0. The monoisotopic (exact) mass is 409 g/mol. The number of hydrogen-bond acceptors (Lipinski definition) is 4. The first-order valence-electron chi connectivity index (χ1n) is 9.00. The number of aromatic nitrogens is 1. The molecule has 0 radical (unpaired) electrons. The van der Waals surface area contributed by atoms with E-state index in [1.807, 2.05) is 6.07 Å². The van der Waals surface area contributed by atoms with Crippen LogP contribution in [0.5, 0.6) is 0 Å². The van der Waals surface area contributed by atoms with Crippen LogP contribution in [-0.2, 0) is 4.79 Å². The highest BCUT2D eigenvalue weighted by Gasteiger charge is 2.20. The summed E-state index contributed by atoms with van der Waals surface area (Å²) in [5.41, 5.74) is 1.23. The molecular formula is C20H21F2NO2S2. The minimum absolute atomic E-state index is 0.00818. The lowest BCUT2D eigenvalue weighted by molar-refractivity contribution is -0.137. The normalized spacial score (nSPS) is 14.6. The zero-order valence-electron chi connectivity index (χ0n) is 14.8. The Morgan fingerprint density at radius 2 is 1.93 bits per heavy atom. The van der Waals surface area contributed by atoms with Gasteiger partial charge in [-0.15, -0.1) is 23.5 Å². The van der Waals surface area contributed by atoms with Crippen molar-refractivity contribution >= 4 is 29.5 Å². The molecule has 0 saturated heterocycles. The van der Waals surface area contributed by atoms with Crippen molar-refractivity contribution in [3.05, 3.63) is 42.1 Å². The van der Waals surface area contributed by atoms with Gasteiger partial charge < -0.3 is 5.11 Å². The maximum absolute atomic E-state index is 14.5. The third kappa shape index (κ3) is 5.45. The summed E-state index contributed by atoms with van der Waals surface area (Å²) in [6, 6.07) is 6.31. The fraction of sp³-hybridized carbons (Fsp3) is 0.400. The molecule has 0 spiro atoms. The highest BCUT2D eigenvalue weighted by atomic mass is 32.2. The van der Waals surface area contributed by atoms with Crippen molar-refractivity contribution in [1.82, 2.24) is 4.98 Å². The van der Waals surface area contributed by atoms with Gasteiger partial charge >= 0.3 is 5.97 Å². The Hall–Kier alpha value is -1.60. The SMILES string of the molecule is O=C(O)CCCSc1c(F)cc(-c2cccnc2SC2CCCC2)cc1F. The van der Waals surface area contributed by atoms with Crippen molar-refractivity contribution in [2.75, 3.05) is 5.75 Å². The van der Waals surface area contributed by atoms with Crippen LogP contribution in [0, 0.1) is 11.6 Å². The lowest BCUT2D eigenvalue weighted by atomic mass is 10.1. The summed E-state index contributed by atoms with van der Waals surface area (Å²) in [4.78, 5) is 14.9. The fourth-order valence-electron chi connectivity index (χ4n) is 3.12. The van der Waals surface area contributed by atoms with Crippen LogP contribution in [0.4, 0.5) is 8.78 Å². The number of carbonyl (C=O) groups is 1. The molecule has 1 aromatic heterocycles. The molecule has 7 heteroatoms. The van der Waals surface area contributed by atoms with Crippen molar-refractivity contribution in [3.8, 4) is 11.1 Å². The number of pyridine rings is 1. The molecule has 1 aliphatic rings. The predicted octanol–water partition coefficient (Wildman–Crippen LogP) is 6.02. The van der Waals surface area contributed by atoms with Crippen LogP contribution in [0.3, 0.4) is 0 Å². The van der Waals surface area contributed by atoms with Gasteiger partial charge in [-0.25, -0.2) is 13.8 Å². The number of hydrogen-bond donors (Lipinski definition) is 1. The maximum atomic E-state index is 14.5. The molecule has 0 bridgehead atoms. The number of carboxylic acid groups (broad SMARTS) is 1. The van der Waals surface area contributed by atoms with Crippen LogP contribution in [0.1, 0.15) is 38.5 Å². The molecule has 1 fully saturated rings. The zero-order chi connectivity index (χ0) is 19.2. The molecule has 3 rings (SSSR count). The number of nitrogens with zero attached hydrogens (tertiary/aromatic N) is 1. The average molecular weight is 410 g/mol. The van der Waals surface area contributed by atoms with Crippen LogP contribution in [0.25, 0.3) is 11.1 Å². The van der Waals surface area contributed by atoms with E-state index in [1.165, 1.54) is 25.0 Å². The molecule has 0 unspecified atom stereocenters. The maximum Gasteiger partial charge on any atom is 0.303 e. The number of benzene rings is 1. The van der Waals surface area contributed by atoms with Crippen molar-refractivity contribution in [3.63, 3.8) is 0 Å². The second-order valence-electron chi connectivity index (χ2n) is 6.50. The first kappa shape index (κ1) is 20.1. The van der Waals surface area contributed by atoms with E-state index in [9.17, 15) is 13.6 Å². The molecule has 0 amide bonds. The quantitative estimate of drug-likeness (QED) is 0.427. The summed E-state index contributed by atoms with van der Waals surface area (Å²) in [6.07, 6.45) is 6.80. The Morgan fingerprint density at radius 3 is 2.59 bits per heavy atom. The second kappa shape index (κ2) is 9.55. The Morgan fingerprint density at radius 1 is 1.22 bits per heavy atom. The van der Waals surface area contributed by atoms with Gasteiger partial charge in [-0.1, -0.05) is 18.9 Å². The van der Waals surface area contributed by atoms with E-state index in [1.54, 1.807) is 24.0 Å². The Bertz CT molecular complexity index is 787. The topological polar surface area (TPSA) is 50.2 Å². The molecule has 2 aromatic rings. The lowest BCUT2D eigenvalue weighted by Crippen LogP contribution is -1.98. The number of aliphatic carboxylic acids is 1. The number of carboxylic acids is 1. The van der Waals surface area contributed by atoms with Crippen molar-refractivity contribution in [2.45, 2.75) is 53.7 Å². The molecule has 1 aliphatic carbocycles. The van der Waals surface area contributed by atoms with Crippen LogP contribution < -0.4 is 0 Å². The van der Waals surface area contributed by atoms with Crippen LogP contribution in [-0.4, -0.2) is 27.1 Å². The third-order valence-electron chi connectivity index (χ3n) is 4.44. The Labute approximate surface area is 166 Å². The molecule has 3 nitrogen and oxygen atoms in total. The Balaban J connectivity index is 1.78. The lowest BCUT2D eigenvalue weighted by Gasteiger charge is -2.13. The summed E-state index contributed by atoms with van der Waals surface area (Å²) in [5.74, 6) is -1.79. The van der Waals surface area contributed by atoms with Gasteiger partial charge in [0.25, 0.3) is 0 Å². The molecule has 144 valence electrons. The van der Waals surface area contributed by atoms with Crippen molar-refractivity contribution in [2.24, 2.45) is 0 Å². The van der Waals surface area contributed by atoms with Crippen molar-refractivity contribution in [1.29, 1.82) is 0 Å². The first-order chi connectivity index (χ1) is 13.0. The highest BCUT2D eigenvalue weighted by Crippen LogP contribution is 2.39. The molecule has 27 heavy (non-hydrogen) atoms. The van der Waals surface area contributed by atoms with E-state index in [2.05, 4.69) is 4.98 Å². The largest absolute Gasteiger partial charge is 0.481 e. The van der Waals surface area contributed by atoms with Gasteiger partial charge in [0.1, 0.15) is 16.7 Å². The molecule has 1 heterocycles. The number of rotatable bonds is 8. The zero-order valence-corrected chi connectivity index (χ0v) is 16.4. The predicted molar refractivity (Wildman–Crippen MR) is 105 cm³/mol. The summed E-state index contributed by atoms with van der Waals surface area (Å²) in [7, 11) is 0. The average Bonchev–Trinajstić information content (AvgIpc) is 3.13. The summed E-state index contributed by atoms with van der Waals surface area (Å²) in [6.45, 7) is 0. The molecule has 1 saturated carbocycles. The standard InChI is InChI=1S/C20H21F2NO2S2/c21-16-11-13(12-17(22)19(16)26-10-4-8-18(24)25)15-7-3-9-23-20(15)27-14-5-1-2-6-14/h3,7,9,11-12,14H,1-2,4-6,8,10H2,(H,24,25). The molecule has 1 aromatic carbocycles. The first-order valence-corrected chi connectivity index (χ1v) is 10.9. The number of thioether (sulfide) groups is 2. The van der Waals surface area contributed by atoms with E-state index in [0.29, 0.717) is 23.0 Å². The number of halogens is 2. The van der Waals surface area contributed by atoms with Crippen LogP contribution in [0.15, 0.2) is 40.4 Å². The summed E-state index contributed by atoms with van der Waals surface area (Å²) >= 11 is 2.71. The molecule has 1 N–H and O–H groups in total. The van der Waals surface area contributed by atoms with E-state index in [-0.39, 0.29) is 11.3 Å². The molecular weight excluding hydrogens is 388 g/mol. The smallest absolute Gasteiger partial charge is 0.303 e. The minimum Gasteiger partial charge on any atom is -0.481 e. The molecule has 0 atom stereocenters. The van der Waals surface area contributed by atoms with Gasteiger partial charge in [0, 0.05) is 23.4 Å². The highest BCUT2D eigenvalue weighted by molar-refractivity contribution is 8.00. The van der Waals surface area contributed by atoms with Gasteiger partial charge in [0.05, 0.1) is 4.90 Å². The van der Waals surface area contributed by atoms with E-state index >= 15 is 0 Å². The van der Waals surface area contributed by atoms with Crippen molar-refractivity contribution < 1.29 is 18.7 Å². The van der Waals surface area contributed by atoms with Gasteiger partial charge in [-0.2, -0.15) is 0 Å². The van der Waals surface area contributed by atoms with Gasteiger partial charge in [0.15, 0.2) is 0 Å². The fourth-order valence-corrected chi connectivity index (χ4v) is 5.33. The van der Waals surface area contributed by atoms with E-state index < -0.39 is 17.6 Å². The summed E-state index contributed by atoms with van der Waals surface area (Å²) in [5, 5.41) is 9.97. The van der Waals surface area contributed by atoms with Gasteiger partial charge in [-0.3, -0.25) is 4.79 Å². The van der Waals surface area contributed by atoms with E-state index in [4.69, 9.17) is 5.11 Å². The van der Waals surface area contributed by atoms with Gasteiger partial charge in [-0.05, 0) is 48.8 Å². The van der Waals surface area contributed by atoms with E-state index in [0.717, 1.165) is 35.2 Å². The third-order valence-corrected chi connectivity index (χ3v) is 6.97. The van der Waals surface area contributed by atoms with Crippen LogP contribution in [0.2, 0.25) is 0 Å². The molecule has 0 aliphatic heterocycles. The second-order valence-corrected chi connectivity index (χ2v) is 8.89. The van der Waals surface area contributed by atoms with Crippen LogP contribution >= 0.6 is 23.5 Å². The van der Waals surface area contributed by atoms with Gasteiger partial charge in [0.2, 0.25) is 0 Å².